The first kappa shape index (κ1) is 12.5. The highest BCUT2D eigenvalue weighted by Gasteiger charge is 2.09. The SMILES string of the molecule is Cc1cc(C)nc(CCCN2CCNCC2)n1. The van der Waals surface area contributed by atoms with Crippen LogP contribution >= 0.6 is 0 Å². The van der Waals surface area contributed by atoms with Crippen LogP contribution in [-0.4, -0.2) is 47.6 Å². The van der Waals surface area contributed by atoms with Crippen molar-refractivity contribution in [2.75, 3.05) is 32.7 Å². The Labute approximate surface area is 103 Å². The normalized spacial score (nSPS) is 17.3. The summed E-state index contributed by atoms with van der Waals surface area (Å²) in [6, 6.07) is 2.03. The molecule has 0 radical (unpaired) electrons. The first-order valence-corrected chi connectivity index (χ1v) is 6.48. The zero-order chi connectivity index (χ0) is 12.1. The average molecular weight is 234 g/mol. The van der Waals surface area contributed by atoms with Gasteiger partial charge in [0.25, 0.3) is 0 Å². The third kappa shape index (κ3) is 4.06. The lowest BCUT2D eigenvalue weighted by molar-refractivity contribution is 0.238. The standard InChI is InChI=1S/C13H22N4/c1-11-10-12(2)16-13(15-11)4-3-7-17-8-5-14-6-9-17/h10,14H,3-9H2,1-2H3. The molecule has 1 aliphatic heterocycles. The topological polar surface area (TPSA) is 41.1 Å². The molecule has 1 aromatic rings. The highest BCUT2D eigenvalue weighted by atomic mass is 15.2. The molecule has 0 spiro atoms. The highest BCUT2D eigenvalue weighted by molar-refractivity contribution is 5.08. The van der Waals surface area contributed by atoms with E-state index in [1.807, 2.05) is 19.9 Å². The van der Waals surface area contributed by atoms with E-state index < -0.39 is 0 Å². The second kappa shape index (κ2) is 6.07. The van der Waals surface area contributed by atoms with Crippen LogP contribution in [0.2, 0.25) is 0 Å². The van der Waals surface area contributed by atoms with Crippen molar-refractivity contribution in [3.63, 3.8) is 0 Å². The van der Waals surface area contributed by atoms with Gasteiger partial charge in [-0.15, -0.1) is 0 Å². The summed E-state index contributed by atoms with van der Waals surface area (Å²) < 4.78 is 0. The molecule has 0 atom stereocenters. The molecule has 94 valence electrons. The summed E-state index contributed by atoms with van der Waals surface area (Å²) in [5.74, 6) is 0.998. The monoisotopic (exact) mass is 234 g/mol. The quantitative estimate of drug-likeness (QED) is 0.841. The maximum Gasteiger partial charge on any atom is 0.128 e. The minimum Gasteiger partial charge on any atom is -0.314 e. The van der Waals surface area contributed by atoms with Gasteiger partial charge in [0.05, 0.1) is 0 Å². The molecule has 2 rings (SSSR count). The van der Waals surface area contributed by atoms with Crippen LogP contribution < -0.4 is 5.32 Å². The molecule has 0 bridgehead atoms. The van der Waals surface area contributed by atoms with Crippen molar-refractivity contribution < 1.29 is 0 Å². The average Bonchev–Trinajstić information content (AvgIpc) is 2.29. The van der Waals surface area contributed by atoms with Gasteiger partial charge in [-0.05, 0) is 32.9 Å². The number of aromatic nitrogens is 2. The van der Waals surface area contributed by atoms with Crippen molar-refractivity contribution in [2.45, 2.75) is 26.7 Å². The minimum atomic E-state index is 0.993. The van der Waals surface area contributed by atoms with Gasteiger partial charge >= 0.3 is 0 Å². The Morgan fingerprint density at radius 1 is 1.18 bits per heavy atom. The molecule has 4 heteroatoms. The Bertz CT molecular complexity index is 338. The number of aryl methyl sites for hydroxylation is 3. The van der Waals surface area contributed by atoms with Crippen LogP contribution in [0.25, 0.3) is 0 Å². The van der Waals surface area contributed by atoms with Crippen LogP contribution in [0.1, 0.15) is 23.6 Å². The summed E-state index contributed by atoms with van der Waals surface area (Å²) >= 11 is 0. The molecule has 0 unspecified atom stereocenters. The maximum absolute atomic E-state index is 4.47. The van der Waals surface area contributed by atoms with Crippen LogP contribution in [0.15, 0.2) is 6.07 Å². The van der Waals surface area contributed by atoms with Crippen LogP contribution in [0, 0.1) is 13.8 Å². The van der Waals surface area contributed by atoms with Gasteiger partial charge in [0.2, 0.25) is 0 Å². The van der Waals surface area contributed by atoms with Crippen LogP contribution in [0.5, 0.6) is 0 Å². The Morgan fingerprint density at radius 2 is 1.82 bits per heavy atom. The van der Waals surface area contributed by atoms with Gasteiger partial charge in [-0.2, -0.15) is 0 Å². The fraction of sp³-hybridized carbons (Fsp3) is 0.692. The van der Waals surface area contributed by atoms with Gasteiger partial charge in [-0.3, -0.25) is 0 Å². The van der Waals surface area contributed by atoms with Gasteiger partial charge < -0.3 is 10.2 Å². The molecular weight excluding hydrogens is 212 g/mol. The van der Waals surface area contributed by atoms with Crippen molar-refractivity contribution in [3.8, 4) is 0 Å². The second-order valence-corrected chi connectivity index (χ2v) is 4.76. The van der Waals surface area contributed by atoms with E-state index in [-0.39, 0.29) is 0 Å². The van der Waals surface area contributed by atoms with E-state index in [4.69, 9.17) is 0 Å². The molecular formula is C13H22N4. The first-order valence-electron chi connectivity index (χ1n) is 6.48. The van der Waals surface area contributed by atoms with E-state index in [2.05, 4.69) is 20.2 Å². The lowest BCUT2D eigenvalue weighted by Gasteiger charge is -2.26. The zero-order valence-corrected chi connectivity index (χ0v) is 10.9. The number of nitrogens with zero attached hydrogens (tertiary/aromatic N) is 3. The Morgan fingerprint density at radius 3 is 2.47 bits per heavy atom. The molecule has 0 aliphatic carbocycles. The summed E-state index contributed by atoms with van der Waals surface area (Å²) in [5.41, 5.74) is 2.16. The van der Waals surface area contributed by atoms with Gasteiger partial charge in [0.1, 0.15) is 5.82 Å². The zero-order valence-electron chi connectivity index (χ0n) is 10.9. The van der Waals surface area contributed by atoms with E-state index in [1.165, 1.54) is 13.1 Å². The molecule has 1 saturated heterocycles. The molecule has 0 amide bonds. The second-order valence-electron chi connectivity index (χ2n) is 4.76. The van der Waals surface area contributed by atoms with Crippen molar-refractivity contribution in [3.05, 3.63) is 23.3 Å². The lowest BCUT2D eigenvalue weighted by Crippen LogP contribution is -2.43. The maximum atomic E-state index is 4.47. The predicted octanol–water partition coefficient (Wildman–Crippen LogP) is 0.931. The molecule has 1 N–H and O–H groups in total. The molecule has 0 aromatic carbocycles. The summed E-state index contributed by atoms with van der Waals surface area (Å²) in [6.07, 6.45) is 2.15. The van der Waals surface area contributed by atoms with Crippen molar-refractivity contribution >= 4 is 0 Å². The van der Waals surface area contributed by atoms with Crippen LogP contribution in [-0.2, 0) is 6.42 Å². The van der Waals surface area contributed by atoms with Crippen molar-refractivity contribution in [1.82, 2.24) is 20.2 Å². The summed E-state index contributed by atoms with van der Waals surface area (Å²) in [6.45, 7) is 9.84. The number of hydrogen-bond donors (Lipinski definition) is 1. The molecule has 1 aromatic heterocycles. The van der Waals surface area contributed by atoms with Crippen molar-refractivity contribution in [1.29, 1.82) is 0 Å². The molecule has 17 heavy (non-hydrogen) atoms. The van der Waals surface area contributed by atoms with E-state index in [0.29, 0.717) is 0 Å². The Hall–Kier alpha value is -1.00. The van der Waals surface area contributed by atoms with Gasteiger partial charge in [-0.1, -0.05) is 0 Å². The lowest BCUT2D eigenvalue weighted by atomic mass is 10.2. The number of nitrogens with one attached hydrogen (secondary N) is 1. The fourth-order valence-electron chi connectivity index (χ4n) is 2.31. The Kier molecular flexibility index (Phi) is 4.45. The number of piperazine rings is 1. The third-order valence-corrected chi connectivity index (χ3v) is 3.11. The van der Waals surface area contributed by atoms with E-state index in [0.717, 1.165) is 49.7 Å². The van der Waals surface area contributed by atoms with Gasteiger partial charge in [0, 0.05) is 44.0 Å². The van der Waals surface area contributed by atoms with E-state index in [9.17, 15) is 0 Å². The summed E-state index contributed by atoms with van der Waals surface area (Å²) in [5, 5.41) is 3.37. The molecule has 2 heterocycles. The van der Waals surface area contributed by atoms with Crippen LogP contribution in [0.3, 0.4) is 0 Å². The first-order chi connectivity index (χ1) is 8.24. The smallest absolute Gasteiger partial charge is 0.128 e. The third-order valence-electron chi connectivity index (χ3n) is 3.11. The molecule has 4 nitrogen and oxygen atoms in total. The number of hydrogen-bond acceptors (Lipinski definition) is 4. The molecule has 0 saturated carbocycles. The number of rotatable bonds is 4. The summed E-state index contributed by atoms with van der Waals surface area (Å²) in [7, 11) is 0. The van der Waals surface area contributed by atoms with Crippen LogP contribution in [0.4, 0.5) is 0 Å². The Balaban J connectivity index is 1.77. The highest BCUT2D eigenvalue weighted by Crippen LogP contribution is 2.03. The molecule has 1 aliphatic rings. The largest absolute Gasteiger partial charge is 0.314 e. The minimum absolute atomic E-state index is 0.993. The fourth-order valence-corrected chi connectivity index (χ4v) is 2.31. The van der Waals surface area contributed by atoms with Gasteiger partial charge in [0.15, 0.2) is 0 Å². The molecule has 1 fully saturated rings. The predicted molar refractivity (Wildman–Crippen MR) is 69.1 cm³/mol. The van der Waals surface area contributed by atoms with Crippen molar-refractivity contribution in [2.24, 2.45) is 0 Å². The van der Waals surface area contributed by atoms with Gasteiger partial charge in [-0.25, -0.2) is 9.97 Å². The van der Waals surface area contributed by atoms with E-state index in [1.54, 1.807) is 0 Å². The summed E-state index contributed by atoms with van der Waals surface area (Å²) in [4.78, 5) is 11.5. The van der Waals surface area contributed by atoms with E-state index >= 15 is 0 Å².